The van der Waals surface area contributed by atoms with Crippen molar-refractivity contribution in [1.29, 1.82) is 0 Å². The Hall–Kier alpha value is -0.630. The van der Waals surface area contributed by atoms with Crippen LogP contribution in [0.2, 0.25) is 0 Å². The topological polar surface area (TPSA) is 54.5 Å². The Bertz CT molecular complexity index is 656. The number of carbonyl (C=O) groups is 1. The minimum absolute atomic E-state index is 0.153. The third kappa shape index (κ3) is 2.60. The highest BCUT2D eigenvalue weighted by Crippen LogP contribution is 2.42. The normalized spacial score (nSPS) is 29.5. The summed E-state index contributed by atoms with van der Waals surface area (Å²) in [5, 5.41) is 0. The number of carbonyl (C=O) groups excluding carboxylic acids is 1. The van der Waals surface area contributed by atoms with Gasteiger partial charge in [-0.2, -0.15) is 0 Å². The third-order valence-electron chi connectivity index (χ3n) is 4.47. The first kappa shape index (κ1) is 15.3. The lowest BCUT2D eigenvalue weighted by atomic mass is 9.85. The summed E-state index contributed by atoms with van der Waals surface area (Å²) in [7, 11) is -3.72. The fourth-order valence-corrected chi connectivity index (χ4v) is 6.20. The summed E-state index contributed by atoms with van der Waals surface area (Å²) >= 11 is 2.37. The van der Waals surface area contributed by atoms with E-state index in [9.17, 15) is 13.2 Å². The predicted molar refractivity (Wildman–Crippen MR) is 88.8 cm³/mol. The molecule has 1 aromatic carbocycles. The molecule has 3 atom stereocenters. The lowest BCUT2D eigenvalue weighted by Gasteiger charge is -2.33. The lowest BCUT2D eigenvalue weighted by molar-refractivity contribution is -0.124. The number of hydrogen-bond acceptors (Lipinski definition) is 3. The maximum Gasteiger partial charge on any atom is 0.266 e. The molecule has 1 amide bonds. The smallest absolute Gasteiger partial charge is 0.266 e. The van der Waals surface area contributed by atoms with Crippen molar-refractivity contribution in [1.82, 2.24) is 4.31 Å². The molecule has 21 heavy (non-hydrogen) atoms. The summed E-state index contributed by atoms with van der Waals surface area (Å²) in [5.74, 6) is -0.0683. The number of halogens is 1. The van der Waals surface area contributed by atoms with Crippen molar-refractivity contribution in [3.63, 3.8) is 0 Å². The molecule has 2 fully saturated rings. The highest BCUT2D eigenvalue weighted by Gasteiger charge is 2.49. The molecule has 0 aromatic heterocycles. The van der Waals surface area contributed by atoms with E-state index in [0.29, 0.717) is 10.3 Å². The number of amides is 1. The summed E-state index contributed by atoms with van der Waals surface area (Å²) in [5.41, 5.74) is 1.00. The second-order valence-corrected chi connectivity index (χ2v) is 9.30. The fraction of sp³-hybridized carbons (Fsp3) is 0.533. The highest BCUT2D eigenvalue weighted by molar-refractivity contribution is 14.1. The first-order chi connectivity index (χ1) is 9.91. The number of alkyl halides is 1. The zero-order valence-electron chi connectivity index (χ0n) is 11.8. The molecule has 6 heteroatoms. The van der Waals surface area contributed by atoms with E-state index in [1.165, 1.54) is 4.31 Å². The van der Waals surface area contributed by atoms with Gasteiger partial charge in [-0.3, -0.25) is 4.79 Å². The molecule has 1 heterocycles. The van der Waals surface area contributed by atoms with Crippen LogP contribution in [-0.4, -0.2) is 28.6 Å². The second kappa shape index (κ2) is 5.53. The summed E-state index contributed by atoms with van der Waals surface area (Å²) in [4.78, 5) is 12.5. The van der Waals surface area contributed by atoms with Gasteiger partial charge in [0.2, 0.25) is 5.91 Å². The van der Waals surface area contributed by atoms with Gasteiger partial charge in [-0.1, -0.05) is 46.7 Å². The monoisotopic (exact) mass is 419 g/mol. The van der Waals surface area contributed by atoms with Crippen LogP contribution >= 0.6 is 22.6 Å². The van der Waals surface area contributed by atoms with E-state index in [4.69, 9.17) is 0 Å². The number of aryl methyl sites for hydroxylation is 1. The van der Waals surface area contributed by atoms with Gasteiger partial charge in [0.05, 0.1) is 10.9 Å². The molecule has 4 nitrogen and oxygen atoms in total. The van der Waals surface area contributed by atoms with Crippen LogP contribution in [0, 0.1) is 12.8 Å². The van der Waals surface area contributed by atoms with E-state index in [-0.39, 0.29) is 22.8 Å². The van der Waals surface area contributed by atoms with Crippen LogP contribution in [0.3, 0.4) is 0 Å². The van der Waals surface area contributed by atoms with Crippen molar-refractivity contribution < 1.29 is 13.2 Å². The summed E-state index contributed by atoms with van der Waals surface area (Å²) in [6.07, 6.45) is 3.22. The largest absolute Gasteiger partial charge is 0.274 e. The molecular formula is C15H18INO3S. The van der Waals surface area contributed by atoms with Crippen LogP contribution in [0.1, 0.15) is 31.2 Å². The molecule has 1 saturated heterocycles. The van der Waals surface area contributed by atoms with Crippen molar-refractivity contribution in [3.05, 3.63) is 29.8 Å². The van der Waals surface area contributed by atoms with Crippen molar-refractivity contribution >= 4 is 38.5 Å². The van der Waals surface area contributed by atoms with E-state index in [0.717, 1.165) is 24.8 Å². The molecule has 1 aliphatic carbocycles. The zero-order chi connectivity index (χ0) is 15.2. The molecule has 0 radical (unpaired) electrons. The van der Waals surface area contributed by atoms with Gasteiger partial charge in [0.25, 0.3) is 10.0 Å². The van der Waals surface area contributed by atoms with Crippen LogP contribution in [0.4, 0.5) is 0 Å². The van der Waals surface area contributed by atoms with Crippen molar-refractivity contribution in [2.24, 2.45) is 5.92 Å². The summed E-state index contributed by atoms with van der Waals surface area (Å²) in [6, 6.07) is 6.57. The van der Waals surface area contributed by atoms with Crippen molar-refractivity contribution in [3.8, 4) is 0 Å². The van der Waals surface area contributed by atoms with Gasteiger partial charge in [-0.25, -0.2) is 12.7 Å². The predicted octanol–water partition coefficient (Wildman–Crippen LogP) is 2.89. The molecule has 1 saturated carbocycles. The standard InChI is InChI=1S/C15H18INO3S/c1-10-5-7-11(8-6-10)21(19,20)17-14-4-2-3-13(16)12(14)9-15(17)18/h5-8,12-14H,2-4,9H2,1H3/t12-,13+,14+/m0/s1. The number of hydrogen-bond donors (Lipinski definition) is 0. The van der Waals surface area contributed by atoms with Gasteiger partial charge in [0.15, 0.2) is 0 Å². The minimum atomic E-state index is -3.72. The maximum atomic E-state index is 12.8. The van der Waals surface area contributed by atoms with Crippen LogP contribution in [0.25, 0.3) is 0 Å². The van der Waals surface area contributed by atoms with Gasteiger partial charge in [0, 0.05) is 16.3 Å². The molecule has 114 valence electrons. The van der Waals surface area contributed by atoms with E-state index in [1.54, 1.807) is 24.3 Å². The fourth-order valence-electron chi connectivity index (χ4n) is 3.36. The summed E-state index contributed by atoms with van der Waals surface area (Å²) < 4.78 is 27.2. The molecule has 0 N–H and O–H groups in total. The molecule has 0 bridgehead atoms. The average Bonchev–Trinajstić information content (AvgIpc) is 2.77. The van der Waals surface area contributed by atoms with Crippen LogP contribution in [-0.2, 0) is 14.8 Å². The Balaban J connectivity index is 1.98. The third-order valence-corrected chi connectivity index (χ3v) is 7.88. The van der Waals surface area contributed by atoms with Crippen molar-refractivity contribution in [2.45, 2.75) is 47.5 Å². The molecule has 3 rings (SSSR count). The maximum absolute atomic E-state index is 12.8. The molecule has 2 aliphatic rings. The van der Waals surface area contributed by atoms with Gasteiger partial charge in [-0.05, 0) is 31.9 Å². The quantitative estimate of drug-likeness (QED) is 0.547. The number of sulfonamides is 1. The molecule has 0 unspecified atom stereocenters. The highest BCUT2D eigenvalue weighted by atomic mass is 127. The van der Waals surface area contributed by atoms with E-state index in [1.807, 2.05) is 6.92 Å². The molecule has 0 spiro atoms. The zero-order valence-corrected chi connectivity index (χ0v) is 14.8. The average molecular weight is 419 g/mol. The summed E-state index contributed by atoms with van der Waals surface area (Å²) in [6.45, 7) is 1.91. The van der Waals surface area contributed by atoms with Gasteiger partial charge >= 0.3 is 0 Å². The first-order valence-electron chi connectivity index (χ1n) is 7.19. The second-order valence-electron chi connectivity index (χ2n) is 5.89. The SMILES string of the molecule is Cc1ccc(S(=O)(=O)N2C(=O)C[C@H]3[C@H](I)CCC[C@H]32)cc1. The van der Waals surface area contributed by atoms with E-state index >= 15 is 0 Å². The Labute approximate surface area is 139 Å². The van der Waals surface area contributed by atoms with E-state index < -0.39 is 10.0 Å². The first-order valence-corrected chi connectivity index (χ1v) is 9.88. The molecule has 1 aromatic rings. The van der Waals surface area contributed by atoms with E-state index in [2.05, 4.69) is 22.6 Å². The Morgan fingerprint density at radius 3 is 2.52 bits per heavy atom. The van der Waals surface area contributed by atoms with Gasteiger partial charge in [-0.15, -0.1) is 0 Å². The van der Waals surface area contributed by atoms with Crippen LogP contribution < -0.4 is 0 Å². The number of benzene rings is 1. The van der Waals surface area contributed by atoms with Crippen LogP contribution in [0.15, 0.2) is 29.2 Å². The Morgan fingerprint density at radius 1 is 1.19 bits per heavy atom. The number of rotatable bonds is 2. The molecule has 1 aliphatic heterocycles. The van der Waals surface area contributed by atoms with Crippen molar-refractivity contribution in [2.75, 3.05) is 0 Å². The van der Waals surface area contributed by atoms with Gasteiger partial charge < -0.3 is 0 Å². The Morgan fingerprint density at radius 2 is 1.86 bits per heavy atom. The lowest BCUT2D eigenvalue weighted by Crippen LogP contribution is -2.43. The number of fused-ring (bicyclic) bond motifs is 1. The van der Waals surface area contributed by atoms with Gasteiger partial charge in [0.1, 0.15) is 0 Å². The van der Waals surface area contributed by atoms with Crippen LogP contribution in [0.5, 0.6) is 0 Å². The Kier molecular flexibility index (Phi) is 4.02. The minimum Gasteiger partial charge on any atom is -0.274 e. The molecular weight excluding hydrogens is 401 g/mol. The number of nitrogens with zero attached hydrogens (tertiary/aromatic N) is 1.